The molecule has 0 saturated carbocycles. The van der Waals surface area contributed by atoms with Crippen molar-refractivity contribution in [3.05, 3.63) is 0 Å². The van der Waals surface area contributed by atoms with E-state index < -0.39 is 18.1 Å². The highest BCUT2D eigenvalue weighted by molar-refractivity contribution is 9.11. The van der Waals surface area contributed by atoms with Crippen molar-refractivity contribution in [1.82, 2.24) is 0 Å². The normalized spacial score (nSPS) is 13.6. The SMILES string of the molecule is CCOC(=O)[C@@H](Br)P(=O)(OCC)OCC. The highest BCUT2D eigenvalue weighted by atomic mass is 79.9. The first kappa shape index (κ1) is 15.1. The number of carbonyl (C=O) groups excluding carboxylic acids is 1. The molecule has 0 aromatic carbocycles. The van der Waals surface area contributed by atoms with Crippen molar-refractivity contribution in [2.75, 3.05) is 19.8 Å². The number of carbonyl (C=O) groups is 1. The average Bonchev–Trinajstić information content (AvgIpc) is 2.17. The van der Waals surface area contributed by atoms with E-state index in [9.17, 15) is 9.36 Å². The van der Waals surface area contributed by atoms with Crippen LogP contribution in [0.2, 0.25) is 0 Å². The van der Waals surface area contributed by atoms with Gasteiger partial charge in [0.05, 0.1) is 19.8 Å². The largest absolute Gasteiger partial charge is 0.465 e. The van der Waals surface area contributed by atoms with Crippen LogP contribution in [-0.2, 0) is 23.1 Å². The van der Waals surface area contributed by atoms with Gasteiger partial charge in [-0.1, -0.05) is 15.9 Å². The molecule has 0 heterocycles. The summed E-state index contributed by atoms with van der Waals surface area (Å²) < 4.78 is 25.7. The lowest BCUT2D eigenvalue weighted by molar-refractivity contribution is -0.141. The van der Waals surface area contributed by atoms with E-state index in [1.54, 1.807) is 20.8 Å². The number of ether oxygens (including phenoxy) is 1. The molecule has 0 spiro atoms. The molecule has 1 atom stereocenters. The van der Waals surface area contributed by atoms with Crippen LogP contribution in [0.4, 0.5) is 0 Å². The first-order valence-electron chi connectivity index (χ1n) is 4.71. The molecule has 7 heteroatoms. The molecule has 5 nitrogen and oxygen atoms in total. The molecule has 0 saturated heterocycles. The zero-order valence-corrected chi connectivity index (χ0v) is 11.5. The first-order chi connectivity index (χ1) is 7.01. The molecule has 0 bridgehead atoms. The van der Waals surface area contributed by atoms with E-state index in [4.69, 9.17) is 13.8 Å². The Labute approximate surface area is 98.1 Å². The van der Waals surface area contributed by atoms with E-state index in [0.29, 0.717) is 0 Å². The van der Waals surface area contributed by atoms with Gasteiger partial charge in [-0.3, -0.25) is 9.36 Å². The number of alkyl halides is 1. The van der Waals surface area contributed by atoms with Gasteiger partial charge in [0.25, 0.3) is 0 Å². The van der Waals surface area contributed by atoms with E-state index in [0.717, 1.165) is 0 Å². The van der Waals surface area contributed by atoms with Crippen LogP contribution in [0.15, 0.2) is 0 Å². The number of hydrogen-bond acceptors (Lipinski definition) is 5. The summed E-state index contributed by atoms with van der Waals surface area (Å²) in [5.74, 6) is -0.636. The van der Waals surface area contributed by atoms with Crippen molar-refractivity contribution < 1.29 is 23.1 Å². The highest BCUT2D eigenvalue weighted by Crippen LogP contribution is 2.55. The van der Waals surface area contributed by atoms with Crippen LogP contribution in [0.5, 0.6) is 0 Å². The Balaban J connectivity index is 4.60. The predicted molar refractivity (Wildman–Crippen MR) is 60.2 cm³/mol. The molecule has 0 unspecified atom stereocenters. The molecule has 0 fully saturated rings. The second kappa shape index (κ2) is 7.39. The van der Waals surface area contributed by atoms with Gasteiger partial charge in [-0.2, -0.15) is 0 Å². The molecular weight excluding hydrogens is 287 g/mol. The van der Waals surface area contributed by atoms with E-state index >= 15 is 0 Å². The molecule has 0 amide bonds. The molecule has 0 aromatic rings. The Bertz CT molecular complexity index is 235. The van der Waals surface area contributed by atoms with Crippen molar-refractivity contribution in [2.45, 2.75) is 25.3 Å². The molecular formula is C8H16BrO5P. The van der Waals surface area contributed by atoms with Crippen LogP contribution in [-0.4, -0.2) is 30.4 Å². The number of hydrogen-bond donors (Lipinski definition) is 0. The minimum Gasteiger partial charge on any atom is -0.465 e. The van der Waals surface area contributed by atoms with Crippen molar-refractivity contribution in [3.63, 3.8) is 0 Å². The fourth-order valence-electron chi connectivity index (χ4n) is 0.868. The Morgan fingerprint density at radius 2 is 1.67 bits per heavy atom. The van der Waals surface area contributed by atoms with Crippen molar-refractivity contribution >= 4 is 29.5 Å². The Kier molecular flexibility index (Phi) is 7.44. The van der Waals surface area contributed by atoms with Crippen LogP contribution >= 0.6 is 23.5 Å². The standard InChI is InChI=1S/C8H16BrO5P/c1-4-12-8(10)7(9)15(11,13-5-2)14-6-3/h7H,4-6H2,1-3H3/t7-/m0/s1. The lowest BCUT2D eigenvalue weighted by atomic mass is 10.8. The van der Waals surface area contributed by atoms with Gasteiger partial charge in [-0.15, -0.1) is 0 Å². The molecule has 0 aliphatic heterocycles. The summed E-state index contributed by atoms with van der Waals surface area (Å²) >= 11 is 2.98. The van der Waals surface area contributed by atoms with E-state index in [1.165, 1.54) is 0 Å². The van der Waals surface area contributed by atoms with Gasteiger partial charge in [0.15, 0.2) is 0 Å². The summed E-state index contributed by atoms with van der Waals surface area (Å²) in [5.41, 5.74) is 0. The Morgan fingerprint density at radius 1 is 1.20 bits per heavy atom. The molecule has 15 heavy (non-hydrogen) atoms. The number of esters is 1. The van der Waals surface area contributed by atoms with Crippen molar-refractivity contribution in [3.8, 4) is 0 Å². The molecule has 0 N–H and O–H groups in total. The molecule has 0 aliphatic carbocycles. The number of rotatable bonds is 7. The average molecular weight is 303 g/mol. The monoisotopic (exact) mass is 302 g/mol. The van der Waals surface area contributed by atoms with Gasteiger partial charge in [0, 0.05) is 0 Å². The third-order valence-electron chi connectivity index (χ3n) is 1.38. The third kappa shape index (κ3) is 4.64. The zero-order valence-electron chi connectivity index (χ0n) is 9.07. The third-order valence-corrected chi connectivity index (χ3v) is 5.26. The molecule has 90 valence electrons. The predicted octanol–water partition coefficient (Wildman–Crippen LogP) is 2.54. The van der Waals surface area contributed by atoms with Gasteiger partial charge < -0.3 is 13.8 Å². The summed E-state index contributed by atoms with van der Waals surface area (Å²) in [6.45, 7) is 5.66. The first-order valence-corrected chi connectivity index (χ1v) is 7.24. The Morgan fingerprint density at radius 3 is 2.00 bits per heavy atom. The van der Waals surface area contributed by atoms with Crippen LogP contribution < -0.4 is 0 Å². The van der Waals surface area contributed by atoms with Crippen LogP contribution in [0.3, 0.4) is 0 Å². The summed E-state index contributed by atoms with van der Waals surface area (Å²) in [6.07, 6.45) is 0. The molecule has 0 aliphatic rings. The molecule has 0 aromatic heterocycles. The van der Waals surface area contributed by atoms with Crippen LogP contribution in [0.25, 0.3) is 0 Å². The maximum Gasteiger partial charge on any atom is 0.355 e. The zero-order chi connectivity index (χ0) is 11.9. The topological polar surface area (TPSA) is 61.8 Å². The van der Waals surface area contributed by atoms with Gasteiger partial charge in [0.1, 0.15) is 0 Å². The van der Waals surface area contributed by atoms with Gasteiger partial charge >= 0.3 is 13.6 Å². The maximum absolute atomic E-state index is 12.0. The fraction of sp³-hybridized carbons (Fsp3) is 0.875. The summed E-state index contributed by atoms with van der Waals surface area (Å²) in [7, 11) is -3.45. The van der Waals surface area contributed by atoms with Crippen LogP contribution in [0, 0.1) is 0 Å². The molecule has 0 radical (unpaired) electrons. The van der Waals surface area contributed by atoms with E-state index in [-0.39, 0.29) is 19.8 Å². The maximum atomic E-state index is 12.0. The summed E-state index contributed by atoms with van der Waals surface area (Å²) in [5, 5.41) is 0. The second-order valence-corrected chi connectivity index (χ2v) is 6.20. The number of halogens is 1. The summed E-state index contributed by atoms with van der Waals surface area (Å²) in [4.78, 5) is 11.3. The van der Waals surface area contributed by atoms with E-state index in [1.807, 2.05) is 0 Å². The van der Waals surface area contributed by atoms with Gasteiger partial charge in [-0.05, 0) is 20.8 Å². The van der Waals surface area contributed by atoms with Crippen molar-refractivity contribution in [1.29, 1.82) is 0 Å². The minimum absolute atomic E-state index is 0.207. The van der Waals surface area contributed by atoms with Crippen LogP contribution in [0.1, 0.15) is 20.8 Å². The Hall–Kier alpha value is 0.1000. The minimum atomic E-state index is -3.45. The van der Waals surface area contributed by atoms with Gasteiger partial charge in [-0.25, -0.2) is 0 Å². The van der Waals surface area contributed by atoms with E-state index in [2.05, 4.69) is 15.9 Å². The summed E-state index contributed by atoms with van der Waals surface area (Å²) in [6, 6.07) is 0. The highest BCUT2D eigenvalue weighted by Gasteiger charge is 2.40. The smallest absolute Gasteiger partial charge is 0.355 e. The lowest BCUT2D eigenvalue weighted by Crippen LogP contribution is -2.20. The van der Waals surface area contributed by atoms with Crippen molar-refractivity contribution in [2.24, 2.45) is 0 Å². The van der Waals surface area contributed by atoms with Gasteiger partial charge in [0.2, 0.25) is 4.57 Å². The second-order valence-electron chi connectivity index (χ2n) is 2.46. The quantitative estimate of drug-likeness (QED) is 0.411. The molecule has 0 rings (SSSR count). The fourth-order valence-corrected chi connectivity index (χ4v) is 3.10. The lowest BCUT2D eigenvalue weighted by Gasteiger charge is -2.20.